The van der Waals surface area contributed by atoms with Crippen molar-refractivity contribution in [2.75, 3.05) is 19.3 Å². The number of alkyl halides is 2. The minimum atomic E-state index is -3.56. The fourth-order valence-electron chi connectivity index (χ4n) is 3.58. The Labute approximate surface area is 196 Å². The van der Waals surface area contributed by atoms with Gasteiger partial charge in [-0.3, -0.25) is 4.79 Å². The highest BCUT2D eigenvalue weighted by atomic mass is 32.2. The zero-order chi connectivity index (χ0) is 25.3. The molecule has 0 saturated carbocycles. The molecule has 184 valence electrons. The first-order valence-corrected chi connectivity index (χ1v) is 12.5. The summed E-state index contributed by atoms with van der Waals surface area (Å²) >= 11 is 0. The molecule has 1 fully saturated rings. The van der Waals surface area contributed by atoms with Crippen LogP contribution >= 0.6 is 0 Å². The number of rotatable bonds is 8. The van der Waals surface area contributed by atoms with Crippen LogP contribution in [0.5, 0.6) is 11.5 Å². The maximum Gasteiger partial charge on any atom is 0.291 e. The number of benzene rings is 2. The van der Waals surface area contributed by atoms with Gasteiger partial charge in [-0.1, -0.05) is 6.58 Å². The van der Waals surface area contributed by atoms with Crippen molar-refractivity contribution < 1.29 is 35.9 Å². The van der Waals surface area contributed by atoms with Crippen LogP contribution in [0.25, 0.3) is 0 Å². The largest absolute Gasteiger partial charge is 0.490 e. The number of hydrogen-bond donors (Lipinski definition) is 0. The van der Waals surface area contributed by atoms with E-state index in [1.54, 1.807) is 13.8 Å². The number of carbonyl (C=O) groups excluding carboxylic acids is 1. The van der Waals surface area contributed by atoms with Gasteiger partial charge in [0, 0.05) is 30.9 Å². The molecule has 0 N–H and O–H groups in total. The van der Waals surface area contributed by atoms with Crippen LogP contribution in [0.2, 0.25) is 0 Å². The Morgan fingerprint density at radius 1 is 1.24 bits per heavy atom. The normalized spacial score (nSPS) is 16.6. The molecule has 10 heteroatoms. The van der Waals surface area contributed by atoms with E-state index in [0.717, 1.165) is 18.4 Å². The first-order chi connectivity index (χ1) is 15.8. The summed E-state index contributed by atoms with van der Waals surface area (Å²) < 4.78 is 77.1. The molecule has 6 nitrogen and oxygen atoms in total. The Hall–Kier alpha value is -3.01. The molecule has 0 radical (unpaired) electrons. The lowest BCUT2D eigenvalue weighted by molar-refractivity contribution is 0.0516. The highest BCUT2D eigenvalue weighted by Gasteiger charge is 2.32. The summed E-state index contributed by atoms with van der Waals surface area (Å²) in [5, 5.41) is 0. The van der Waals surface area contributed by atoms with Crippen LogP contribution in [0.3, 0.4) is 0 Å². The Kier molecular flexibility index (Phi) is 7.30. The van der Waals surface area contributed by atoms with Gasteiger partial charge < -0.3 is 14.4 Å². The number of sulfone groups is 1. The molecule has 0 aromatic heterocycles. The molecule has 1 aliphatic heterocycles. The van der Waals surface area contributed by atoms with Crippen LogP contribution in [-0.4, -0.2) is 50.8 Å². The highest BCUT2D eigenvalue weighted by molar-refractivity contribution is 7.90. The number of ether oxygens (including phenoxy) is 2. The lowest BCUT2D eigenvalue weighted by Gasteiger charge is -2.21. The van der Waals surface area contributed by atoms with E-state index in [0.29, 0.717) is 18.6 Å². The average molecular weight is 498 g/mol. The fourth-order valence-corrected chi connectivity index (χ4v) is 4.22. The SMILES string of the molecule is C=CC(F)(F)c1cc(F)cc(OC2CCN(C(=O)c3cc(S(C)(=O)=O)ccc3OC(C)C)C2)c1. The van der Waals surface area contributed by atoms with Crippen LogP contribution in [0.4, 0.5) is 13.2 Å². The Bertz CT molecular complexity index is 1200. The van der Waals surface area contributed by atoms with Gasteiger partial charge in [-0.05, 0) is 50.3 Å². The van der Waals surface area contributed by atoms with Gasteiger partial charge in [0.05, 0.1) is 23.1 Å². The molecule has 1 unspecified atom stereocenters. The van der Waals surface area contributed by atoms with Crippen molar-refractivity contribution >= 4 is 15.7 Å². The van der Waals surface area contributed by atoms with Gasteiger partial charge in [-0.2, -0.15) is 8.78 Å². The van der Waals surface area contributed by atoms with Crippen LogP contribution in [-0.2, 0) is 15.8 Å². The van der Waals surface area contributed by atoms with E-state index in [1.807, 2.05) is 0 Å². The predicted molar refractivity (Wildman–Crippen MR) is 121 cm³/mol. The van der Waals surface area contributed by atoms with Gasteiger partial charge in [0.25, 0.3) is 11.8 Å². The van der Waals surface area contributed by atoms with E-state index >= 15 is 0 Å². The summed E-state index contributed by atoms with van der Waals surface area (Å²) in [6.07, 6.45) is 1.03. The molecule has 0 bridgehead atoms. The van der Waals surface area contributed by atoms with Gasteiger partial charge in [-0.15, -0.1) is 0 Å². The topological polar surface area (TPSA) is 72.9 Å². The molecule has 2 aromatic rings. The van der Waals surface area contributed by atoms with E-state index in [4.69, 9.17) is 9.47 Å². The molecule has 1 aliphatic rings. The third-order valence-electron chi connectivity index (χ3n) is 5.22. The molecular formula is C24H26F3NO5S. The number of carbonyl (C=O) groups is 1. The van der Waals surface area contributed by atoms with E-state index in [1.165, 1.54) is 23.1 Å². The van der Waals surface area contributed by atoms with Crippen molar-refractivity contribution in [3.05, 3.63) is 66.0 Å². The third kappa shape index (κ3) is 5.91. The van der Waals surface area contributed by atoms with Crippen molar-refractivity contribution in [2.45, 2.75) is 43.3 Å². The van der Waals surface area contributed by atoms with Crippen molar-refractivity contribution in [2.24, 2.45) is 0 Å². The third-order valence-corrected chi connectivity index (χ3v) is 6.33. The number of amides is 1. The van der Waals surface area contributed by atoms with Crippen molar-refractivity contribution in [1.29, 1.82) is 0 Å². The predicted octanol–water partition coefficient (Wildman–Crippen LogP) is 4.59. The Morgan fingerprint density at radius 2 is 1.94 bits per heavy atom. The van der Waals surface area contributed by atoms with Crippen LogP contribution in [0.1, 0.15) is 36.2 Å². The van der Waals surface area contributed by atoms with E-state index in [-0.39, 0.29) is 41.2 Å². The number of likely N-dealkylation sites (tertiary alicyclic amines) is 1. The quantitative estimate of drug-likeness (QED) is 0.499. The minimum Gasteiger partial charge on any atom is -0.490 e. The van der Waals surface area contributed by atoms with E-state index in [9.17, 15) is 26.4 Å². The smallest absolute Gasteiger partial charge is 0.291 e. The van der Waals surface area contributed by atoms with Crippen LogP contribution in [0, 0.1) is 5.82 Å². The van der Waals surface area contributed by atoms with Crippen molar-refractivity contribution in [3.8, 4) is 11.5 Å². The first-order valence-electron chi connectivity index (χ1n) is 10.6. The lowest BCUT2D eigenvalue weighted by atomic mass is 10.1. The second-order valence-corrected chi connectivity index (χ2v) is 10.4. The first kappa shape index (κ1) is 25.6. The number of nitrogens with zero attached hydrogens (tertiary/aromatic N) is 1. The minimum absolute atomic E-state index is 0.0191. The zero-order valence-electron chi connectivity index (χ0n) is 19.1. The van der Waals surface area contributed by atoms with Crippen LogP contribution < -0.4 is 9.47 Å². The molecule has 0 aliphatic carbocycles. The lowest BCUT2D eigenvalue weighted by Crippen LogP contribution is -2.31. The second kappa shape index (κ2) is 9.69. The molecule has 3 rings (SSSR count). The summed E-state index contributed by atoms with van der Waals surface area (Å²) in [5.41, 5.74) is -0.493. The van der Waals surface area contributed by atoms with E-state index in [2.05, 4.69) is 6.58 Å². The summed E-state index contributed by atoms with van der Waals surface area (Å²) in [5.74, 6) is -4.59. The molecule has 0 spiro atoms. The maximum absolute atomic E-state index is 13.9. The zero-order valence-corrected chi connectivity index (χ0v) is 19.9. The number of allylic oxidation sites excluding steroid dienone is 1. The Morgan fingerprint density at radius 3 is 2.56 bits per heavy atom. The molecular weight excluding hydrogens is 471 g/mol. The molecule has 1 heterocycles. The van der Waals surface area contributed by atoms with Crippen molar-refractivity contribution in [3.63, 3.8) is 0 Å². The van der Waals surface area contributed by atoms with Gasteiger partial charge in [0.15, 0.2) is 9.84 Å². The second-order valence-electron chi connectivity index (χ2n) is 8.38. The van der Waals surface area contributed by atoms with Gasteiger partial charge in [0.2, 0.25) is 0 Å². The molecule has 1 saturated heterocycles. The summed E-state index contributed by atoms with van der Waals surface area (Å²) in [4.78, 5) is 14.7. The molecule has 2 aromatic carbocycles. The Balaban J connectivity index is 1.81. The molecule has 1 amide bonds. The number of halogens is 3. The van der Waals surface area contributed by atoms with Crippen LogP contribution in [0.15, 0.2) is 53.9 Å². The van der Waals surface area contributed by atoms with Crippen molar-refractivity contribution in [1.82, 2.24) is 4.90 Å². The maximum atomic E-state index is 13.9. The van der Waals surface area contributed by atoms with Gasteiger partial charge in [-0.25, -0.2) is 12.8 Å². The monoisotopic (exact) mass is 497 g/mol. The van der Waals surface area contributed by atoms with E-state index < -0.39 is 39.2 Å². The molecule has 1 atom stereocenters. The highest BCUT2D eigenvalue weighted by Crippen LogP contribution is 2.33. The summed E-state index contributed by atoms with van der Waals surface area (Å²) in [7, 11) is -3.56. The average Bonchev–Trinajstić information content (AvgIpc) is 3.20. The molecule has 34 heavy (non-hydrogen) atoms. The summed E-state index contributed by atoms with van der Waals surface area (Å²) in [6, 6.07) is 6.85. The van der Waals surface area contributed by atoms with Gasteiger partial charge in [0.1, 0.15) is 23.4 Å². The number of hydrogen-bond acceptors (Lipinski definition) is 5. The van der Waals surface area contributed by atoms with Gasteiger partial charge >= 0.3 is 0 Å². The fraction of sp³-hybridized carbons (Fsp3) is 0.375. The standard InChI is InChI=1S/C24H26F3NO5S/c1-5-24(26,27)16-10-17(25)12-19(11-16)33-18-8-9-28(14-18)23(29)21-13-20(34(4,30)31)6-7-22(21)32-15(2)3/h5-7,10-13,15,18H,1,8-9,14H2,2-4H3. The summed E-state index contributed by atoms with van der Waals surface area (Å²) in [6.45, 7) is 7.01.